The van der Waals surface area contributed by atoms with E-state index in [2.05, 4.69) is 16.8 Å². The molecule has 1 amide bonds. The number of nitrogens with zero attached hydrogens (tertiary/aromatic N) is 3. The smallest absolute Gasteiger partial charge is 0.260 e. The number of amides is 1. The second-order valence-corrected chi connectivity index (χ2v) is 7.47. The zero-order valence-electron chi connectivity index (χ0n) is 15.6. The van der Waals surface area contributed by atoms with Crippen molar-refractivity contribution in [3.63, 3.8) is 0 Å². The molecule has 0 aromatic heterocycles. The van der Waals surface area contributed by atoms with Gasteiger partial charge in [0.2, 0.25) is 0 Å². The molecular formula is C19H27F2N3O3. The number of likely N-dealkylation sites (tertiary alicyclic amines) is 1. The van der Waals surface area contributed by atoms with E-state index in [1.54, 1.807) is 4.90 Å². The Bertz CT molecular complexity index is 653. The number of hydrogen-bond acceptors (Lipinski definition) is 5. The summed E-state index contributed by atoms with van der Waals surface area (Å²) in [7, 11) is 2.10. The Kier molecular flexibility index (Phi) is 6.62. The highest BCUT2D eigenvalue weighted by Gasteiger charge is 2.36. The van der Waals surface area contributed by atoms with Crippen LogP contribution in [-0.4, -0.2) is 91.8 Å². The summed E-state index contributed by atoms with van der Waals surface area (Å²) < 4.78 is 31.8. The van der Waals surface area contributed by atoms with Crippen LogP contribution in [0.3, 0.4) is 0 Å². The highest BCUT2D eigenvalue weighted by atomic mass is 19.1. The zero-order valence-corrected chi connectivity index (χ0v) is 15.6. The molecule has 0 radical (unpaired) electrons. The molecule has 1 aromatic carbocycles. The van der Waals surface area contributed by atoms with Gasteiger partial charge in [-0.1, -0.05) is 0 Å². The van der Waals surface area contributed by atoms with E-state index in [4.69, 9.17) is 4.74 Å². The molecular weight excluding hydrogens is 356 g/mol. The summed E-state index contributed by atoms with van der Waals surface area (Å²) >= 11 is 0. The molecule has 8 heteroatoms. The van der Waals surface area contributed by atoms with Gasteiger partial charge in [-0.2, -0.15) is 0 Å². The average Bonchev–Trinajstić information content (AvgIpc) is 3.05. The second kappa shape index (κ2) is 8.95. The predicted molar refractivity (Wildman–Crippen MR) is 96.4 cm³/mol. The van der Waals surface area contributed by atoms with E-state index >= 15 is 0 Å². The van der Waals surface area contributed by atoms with Gasteiger partial charge in [-0.05, 0) is 25.1 Å². The van der Waals surface area contributed by atoms with Crippen molar-refractivity contribution in [2.75, 3.05) is 66.1 Å². The number of likely N-dealkylation sites (N-methyl/N-ethyl adjacent to an activating group) is 1. The monoisotopic (exact) mass is 383 g/mol. The van der Waals surface area contributed by atoms with Crippen molar-refractivity contribution in [3.05, 3.63) is 29.8 Å². The summed E-state index contributed by atoms with van der Waals surface area (Å²) in [5, 5.41) is 9.70. The number of piperazine rings is 1. The standard InChI is InChI=1S/C19H27F2N3O3/c1-22-4-6-23(7-5-22)9-14-10-24(11-15(14)12-25)19(26)13-27-18-3-2-16(20)8-17(18)21/h2-3,8,14-15,25H,4-7,9-13H2,1H3. The quantitative estimate of drug-likeness (QED) is 0.782. The van der Waals surface area contributed by atoms with Gasteiger partial charge in [0, 0.05) is 64.4 Å². The number of hydrogen-bond donors (Lipinski definition) is 1. The molecule has 2 atom stereocenters. The van der Waals surface area contributed by atoms with E-state index in [-0.39, 0.29) is 36.7 Å². The van der Waals surface area contributed by atoms with Gasteiger partial charge >= 0.3 is 0 Å². The van der Waals surface area contributed by atoms with E-state index in [9.17, 15) is 18.7 Å². The lowest BCUT2D eigenvalue weighted by atomic mass is 9.96. The Morgan fingerprint density at radius 2 is 1.89 bits per heavy atom. The average molecular weight is 383 g/mol. The lowest BCUT2D eigenvalue weighted by Gasteiger charge is -2.34. The van der Waals surface area contributed by atoms with Crippen LogP contribution in [0.2, 0.25) is 0 Å². The van der Waals surface area contributed by atoms with Gasteiger partial charge in [-0.25, -0.2) is 8.78 Å². The van der Waals surface area contributed by atoms with Gasteiger partial charge in [0.1, 0.15) is 5.82 Å². The van der Waals surface area contributed by atoms with Gasteiger partial charge in [-0.3, -0.25) is 4.79 Å². The first-order valence-corrected chi connectivity index (χ1v) is 9.33. The van der Waals surface area contributed by atoms with Crippen LogP contribution in [-0.2, 0) is 4.79 Å². The van der Waals surface area contributed by atoms with Crippen LogP contribution >= 0.6 is 0 Å². The largest absolute Gasteiger partial charge is 0.481 e. The summed E-state index contributed by atoms with van der Waals surface area (Å²) in [6.07, 6.45) is 0. The van der Waals surface area contributed by atoms with Crippen LogP contribution < -0.4 is 4.74 Å². The first-order valence-electron chi connectivity index (χ1n) is 9.33. The summed E-state index contributed by atoms with van der Waals surface area (Å²) in [6.45, 7) is 5.66. The second-order valence-electron chi connectivity index (χ2n) is 7.47. The first-order chi connectivity index (χ1) is 13.0. The van der Waals surface area contributed by atoms with Crippen molar-refractivity contribution in [1.29, 1.82) is 0 Å². The highest BCUT2D eigenvalue weighted by Crippen LogP contribution is 2.25. The van der Waals surface area contributed by atoms with E-state index in [0.717, 1.165) is 44.9 Å². The van der Waals surface area contributed by atoms with Gasteiger partial charge in [0.15, 0.2) is 18.2 Å². The molecule has 2 saturated heterocycles. The minimum absolute atomic E-state index is 0.0373. The molecule has 2 aliphatic rings. The fourth-order valence-electron chi connectivity index (χ4n) is 3.74. The van der Waals surface area contributed by atoms with Crippen molar-refractivity contribution in [1.82, 2.24) is 14.7 Å². The summed E-state index contributed by atoms with van der Waals surface area (Å²) in [4.78, 5) is 18.8. The fourth-order valence-corrected chi connectivity index (χ4v) is 3.74. The van der Waals surface area contributed by atoms with Crippen LogP contribution in [0, 0.1) is 23.5 Å². The Morgan fingerprint density at radius 3 is 2.56 bits per heavy atom. The molecule has 3 rings (SSSR count). The molecule has 27 heavy (non-hydrogen) atoms. The SMILES string of the molecule is CN1CCN(CC2CN(C(=O)COc3ccc(F)cc3F)CC2CO)CC1. The lowest BCUT2D eigenvalue weighted by Crippen LogP contribution is -2.47. The molecule has 1 N–H and O–H groups in total. The molecule has 2 heterocycles. The van der Waals surface area contributed by atoms with Crippen molar-refractivity contribution in [2.45, 2.75) is 0 Å². The number of halogens is 2. The minimum atomic E-state index is -0.828. The maximum atomic E-state index is 13.6. The van der Waals surface area contributed by atoms with E-state index in [1.807, 2.05) is 0 Å². The molecule has 2 unspecified atom stereocenters. The molecule has 0 spiro atoms. The van der Waals surface area contributed by atoms with Crippen molar-refractivity contribution in [2.24, 2.45) is 11.8 Å². The third kappa shape index (κ3) is 5.15. The number of aliphatic hydroxyl groups excluding tert-OH is 1. The number of aliphatic hydroxyl groups is 1. The van der Waals surface area contributed by atoms with E-state index < -0.39 is 11.6 Å². The van der Waals surface area contributed by atoms with Crippen LogP contribution in [0.4, 0.5) is 8.78 Å². The maximum absolute atomic E-state index is 13.6. The molecule has 0 bridgehead atoms. The van der Waals surface area contributed by atoms with Gasteiger partial charge in [0.05, 0.1) is 0 Å². The number of carbonyl (C=O) groups excluding carboxylic acids is 1. The molecule has 0 aliphatic carbocycles. The van der Waals surface area contributed by atoms with Crippen molar-refractivity contribution in [3.8, 4) is 5.75 Å². The Labute approximate surface area is 158 Å². The van der Waals surface area contributed by atoms with Crippen molar-refractivity contribution >= 4 is 5.91 Å². The van der Waals surface area contributed by atoms with Gasteiger partial charge < -0.3 is 24.5 Å². The zero-order chi connectivity index (χ0) is 19.4. The third-order valence-electron chi connectivity index (χ3n) is 5.50. The molecule has 1 aromatic rings. The van der Waals surface area contributed by atoms with E-state index in [0.29, 0.717) is 13.1 Å². The summed E-state index contributed by atoms with van der Waals surface area (Å²) in [5.41, 5.74) is 0. The van der Waals surface area contributed by atoms with E-state index in [1.165, 1.54) is 6.07 Å². The Morgan fingerprint density at radius 1 is 1.19 bits per heavy atom. The fraction of sp³-hybridized carbons (Fsp3) is 0.632. The van der Waals surface area contributed by atoms with Gasteiger partial charge in [-0.15, -0.1) is 0 Å². The maximum Gasteiger partial charge on any atom is 0.260 e. The van der Waals surface area contributed by atoms with Gasteiger partial charge in [0.25, 0.3) is 5.91 Å². The third-order valence-corrected chi connectivity index (χ3v) is 5.50. The number of carbonyl (C=O) groups is 1. The Balaban J connectivity index is 1.51. The molecule has 6 nitrogen and oxygen atoms in total. The number of ether oxygens (including phenoxy) is 1. The highest BCUT2D eigenvalue weighted by molar-refractivity contribution is 5.78. The lowest BCUT2D eigenvalue weighted by molar-refractivity contribution is -0.132. The summed E-state index contributed by atoms with van der Waals surface area (Å²) in [6, 6.07) is 2.99. The van der Waals surface area contributed by atoms with Crippen LogP contribution in [0.25, 0.3) is 0 Å². The number of benzene rings is 1. The number of rotatable bonds is 6. The van der Waals surface area contributed by atoms with Crippen molar-refractivity contribution < 1.29 is 23.4 Å². The normalized spacial score (nSPS) is 24.4. The molecule has 150 valence electrons. The molecule has 2 aliphatic heterocycles. The molecule has 2 fully saturated rings. The summed E-state index contributed by atoms with van der Waals surface area (Å²) in [5.74, 6) is -1.66. The minimum Gasteiger partial charge on any atom is -0.481 e. The van der Waals surface area contributed by atoms with Crippen LogP contribution in [0.1, 0.15) is 0 Å². The first kappa shape index (κ1) is 20.0. The Hall–Kier alpha value is -1.77. The van der Waals surface area contributed by atoms with Crippen LogP contribution in [0.15, 0.2) is 18.2 Å². The topological polar surface area (TPSA) is 56.2 Å². The van der Waals surface area contributed by atoms with Crippen LogP contribution in [0.5, 0.6) is 5.75 Å². The predicted octanol–water partition coefficient (Wildman–Crippen LogP) is 0.658. The molecule has 0 saturated carbocycles.